The van der Waals surface area contributed by atoms with E-state index in [-0.39, 0.29) is 11.0 Å². The van der Waals surface area contributed by atoms with E-state index >= 15 is 0 Å². The van der Waals surface area contributed by atoms with Gasteiger partial charge in [0.15, 0.2) is 5.11 Å². The minimum atomic E-state index is -0.314. The van der Waals surface area contributed by atoms with Gasteiger partial charge in [-0.1, -0.05) is 0 Å². The van der Waals surface area contributed by atoms with Crippen molar-refractivity contribution >= 4 is 67.7 Å². The van der Waals surface area contributed by atoms with E-state index in [2.05, 4.69) is 40.3 Å². The molecule has 2 aromatic heterocycles. The highest BCUT2D eigenvalue weighted by Gasteiger charge is 2.10. The number of aromatic nitrogens is 3. The molecule has 0 aliphatic carbocycles. The number of aryl methyl sites for hydroxylation is 1. The third kappa shape index (κ3) is 3.69. The molecule has 2 N–H and O–H groups in total. The fraction of sp³-hybridized carbons (Fsp3) is 0.0714. The van der Waals surface area contributed by atoms with Crippen LogP contribution in [0.2, 0.25) is 0 Å². The molecule has 116 valence electrons. The minimum Gasteiger partial charge on any atom is -0.317 e. The van der Waals surface area contributed by atoms with E-state index in [1.165, 1.54) is 0 Å². The van der Waals surface area contributed by atoms with Crippen molar-refractivity contribution < 1.29 is 4.79 Å². The molecule has 6 nitrogen and oxygen atoms in total. The van der Waals surface area contributed by atoms with E-state index < -0.39 is 0 Å². The summed E-state index contributed by atoms with van der Waals surface area (Å²) >= 11 is 9.64. The number of pyridine rings is 1. The second-order valence-electron chi connectivity index (χ2n) is 4.64. The number of benzene rings is 1. The lowest BCUT2D eigenvalue weighted by atomic mass is 10.2. The van der Waals surface area contributed by atoms with Crippen molar-refractivity contribution in [3.8, 4) is 0 Å². The zero-order chi connectivity index (χ0) is 16.4. The van der Waals surface area contributed by atoms with Crippen LogP contribution in [0.3, 0.4) is 0 Å². The van der Waals surface area contributed by atoms with Gasteiger partial charge >= 0.3 is 0 Å². The van der Waals surface area contributed by atoms with E-state index in [1.807, 2.05) is 13.0 Å². The second kappa shape index (κ2) is 6.65. The van der Waals surface area contributed by atoms with Crippen molar-refractivity contribution in [1.82, 2.24) is 19.0 Å². The van der Waals surface area contributed by atoms with Gasteiger partial charge in [0.2, 0.25) is 0 Å². The summed E-state index contributed by atoms with van der Waals surface area (Å²) in [5, 5.41) is 5.69. The van der Waals surface area contributed by atoms with Crippen LogP contribution >= 0.6 is 39.9 Å². The maximum absolute atomic E-state index is 12.2. The lowest BCUT2D eigenvalue weighted by molar-refractivity contribution is 0.0978. The zero-order valence-electron chi connectivity index (χ0n) is 11.8. The summed E-state index contributed by atoms with van der Waals surface area (Å²) in [6, 6.07) is 8.74. The Labute approximate surface area is 149 Å². The quantitative estimate of drug-likeness (QED) is 0.634. The number of fused-ring (bicyclic) bond motifs is 1. The molecule has 1 aromatic carbocycles. The normalized spacial score (nSPS) is 10.5. The molecule has 1 amide bonds. The molecule has 0 aliphatic rings. The predicted octanol–water partition coefficient (Wildman–Crippen LogP) is 3.28. The maximum atomic E-state index is 12.2. The first-order chi connectivity index (χ1) is 11.0. The fourth-order valence-electron chi connectivity index (χ4n) is 1.86. The van der Waals surface area contributed by atoms with Crippen LogP contribution in [0.15, 0.2) is 34.8 Å². The van der Waals surface area contributed by atoms with Gasteiger partial charge in [0.25, 0.3) is 5.91 Å². The van der Waals surface area contributed by atoms with Crippen LogP contribution in [-0.2, 0) is 0 Å². The molecule has 0 aliphatic heterocycles. The number of hydrogen-bond donors (Lipinski definition) is 2. The number of thiocarbonyl (C=S) groups is 1. The molecule has 2 heterocycles. The van der Waals surface area contributed by atoms with Gasteiger partial charge in [-0.2, -0.15) is 8.75 Å². The summed E-state index contributed by atoms with van der Waals surface area (Å²) < 4.78 is 9.12. The number of carbonyl (C=O) groups excluding carboxylic acids is 1. The van der Waals surface area contributed by atoms with E-state index in [4.69, 9.17) is 12.2 Å². The number of nitrogens with zero attached hydrogens (tertiary/aromatic N) is 3. The van der Waals surface area contributed by atoms with Crippen molar-refractivity contribution in [2.75, 3.05) is 5.32 Å². The highest BCUT2D eigenvalue weighted by molar-refractivity contribution is 9.10. The van der Waals surface area contributed by atoms with Crippen LogP contribution in [-0.4, -0.2) is 24.8 Å². The molecule has 0 saturated heterocycles. The van der Waals surface area contributed by atoms with E-state index in [0.717, 1.165) is 27.4 Å². The number of amides is 1. The van der Waals surface area contributed by atoms with Crippen molar-refractivity contribution in [2.24, 2.45) is 0 Å². The highest BCUT2D eigenvalue weighted by atomic mass is 79.9. The summed E-state index contributed by atoms with van der Waals surface area (Å²) in [5.41, 5.74) is 2.74. The van der Waals surface area contributed by atoms with Gasteiger partial charge in [-0.15, -0.1) is 0 Å². The van der Waals surface area contributed by atoms with Gasteiger partial charge in [-0.05, 0) is 65.4 Å². The Bertz CT molecular complexity index is 911. The largest absolute Gasteiger partial charge is 0.317 e. The van der Waals surface area contributed by atoms with Gasteiger partial charge < -0.3 is 5.32 Å². The van der Waals surface area contributed by atoms with Crippen LogP contribution in [0.25, 0.3) is 11.0 Å². The number of hydrogen-bond acceptors (Lipinski definition) is 6. The lowest BCUT2D eigenvalue weighted by Crippen LogP contribution is -2.34. The monoisotopic (exact) mass is 407 g/mol. The third-order valence-corrected chi connectivity index (χ3v) is 4.60. The highest BCUT2D eigenvalue weighted by Crippen LogP contribution is 2.16. The van der Waals surface area contributed by atoms with Crippen LogP contribution < -0.4 is 10.6 Å². The van der Waals surface area contributed by atoms with Crippen molar-refractivity contribution in [3.63, 3.8) is 0 Å². The number of rotatable bonds is 2. The van der Waals surface area contributed by atoms with E-state index in [0.29, 0.717) is 16.9 Å². The average Bonchev–Trinajstić information content (AvgIpc) is 2.98. The number of anilines is 1. The summed E-state index contributed by atoms with van der Waals surface area (Å²) in [6.45, 7) is 1.87. The Hall–Kier alpha value is -1.97. The summed E-state index contributed by atoms with van der Waals surface area (Å²) in [7, 11) is 0. The third-order valence-electron chi connectivity index (χ3n) is 3.01. The molecule has 3 aromatic rings. The molecule has 9 heteroatoms. The average molecular weight is 408 g/mol. The molecule has 0 bridgehead atoms. The first-order valence-corrected chi connectivity index (χ1v) is 8.44. The molecule has 0 spiro atoms. The molecular formula is C14H10BrN5OS2. The second-order valence-corrected chi connectivity index (χ2v) is 6.43. The van der Waals surface area contributed by atoms with Gasteiger partial charge in [0, 0.05) is 10.0 Å². The lowest BCUT2D eigenvalue weighted by Gasteiger charge is -2.10. The maximum Gasteiger partial charge on any atom is 0.257 e. The Kier molecular flexibility index (Phi) is 4.60. The van der Waals surface area contributed by atoms with Gasteiger partial charge in [-0.3, -0.25) is 10.1 Å². The SMILES string of the molecule is Cc1nc(NC(=S)NC(=O)c2ccc3nsnc3c2)ccc1Br. The molecular weight excluding hydrogens is 398 g/mol. The fourth-order valence-corrected chi connectivity index (χ4v) is 2.80. The van der Waals surface area contributed by atoms with Crippen LogP contribution in [0.5, 0.6) is 0 Å². The van der Waals surface area contributed by atoms with Gasteiger partial charge in [0.05, 0.1) is 17.4 Å². The van der Waals surface area contributed by atoms with Gasteiger partial charge in [0.1, 0.15) is 16.9 Å². The van der Waals surface area contributed by atoms with Crippen molar-refractivity contribution in [3.05, 3.63) is 46.1 Å². The molecule has 0 saturated carbocycles. The molecule has 0 atom stereocenters. The minimum absolute atomic E-state index is 0.181. The van der Waals surface area contributed by atoms with E-state index in [1.54, 1.807) is 24.3 Å². The topological polar surface area (TPSA) is 79.8 Å². The Morgan fingerprint density at radius 2 is 2.00 bits per heavy atom. The van der Waals surface area contributed by atoms with Crippen LogP contribution in [0, 0.1) is 6.92 Å². The smallest absolute Gasteiger partial charge is 0.257 e. The number of nitrogens with one attached hydrogen (secondary N) is 2. The number of carbonyl (C=O) groups is 1. The van der Waals surface area contributed by atoms with Crippen LogP contribution in [0.1, 0.15) is 16.1 Å². The molecule has 23 heavy (non-hydrogen) atoms. The molecule has 0 radical (unpaired) electrons. The Morgan fingerprint density at radius 1 is 1.22 bits per heavy atom. The van der Waals surface area contributed by atoms with E-state index in [9.17, 15) is 4.79 Å². The summed E-state index contributed by atoms with van der Waals surface area (Å²) in [6.07, 6.45) is 0. The Morgan fingerprint density at radius 3 is 2.78 bits per heavy atom. The first kappa shape index (κ1) is 15.9. The van der Waals surface area contributed by atoms with Gasteiger partial charge in [-0.25, -0.2) is 4.98 Å². The predicted molar refractivity (Wildman–Crippen MR) is 97.8 cm³/mol. The number of halogens is 1. The van der Waals surface area contributed by atoms with Crippen LogP contribution in [0.4, 0.5) is 5.82 Å². The van der Waals surface area contributed by atoms with Crippen molar-refractivity contribution in [1.29, 1.82) is 0 Å². The zero-order valence-corrected chi connectivity index (χ0v) is 15.1. The molecule has 3 rings (SSSR count). The Balaban J connectivity index is 1.68. The summed E-state index contributed by atoms with van der Waals surface area (Å²) in [4.78, 5) is 16.5. The molecule has 0 fully saturated rings. The first-order valence-electron chi connectivity index (χ1n) is 6.51. The molecule has 0 unspecified atom stereocenters. The summed E-state index contributed by atoms with van der Waals surface area (Å²) in [5.74, 6) is 0.251. The standard InChI is InChI=1S/C14H10BrN5OS2/c1-7-9(15)3-5-12(16-7)17-14(22)18-13(21)8-2-4-10-11(6-8)20-23-19-10/h2-6H,1H3,(H2,16,17,18,21,22). The van der Waals surface area contributed by atoms with Crippen molar-refractivity contribution in [2.45, 2.75) is 6.92 Å².